The smallest absolute Gasteiger partial charge is 0.220 e. The molecule has 0 unspecified atom stereocenters. The highest BCUT2D eigenvalue weighted by molar-refractivity contribution is 6.39. The summed E-state index contributed by atoms with van der Waals surface area (Å²) in [4.78, 5) is 32.2. The Bertz CT molecular complexity index is 1880. The number of hydrogen-bond acceptors (Lipinski definition) is 8. The van der Waals surface area contributed by atoms with Crippen molar-refractivity contribution in [2.45, 2.75) is 50.9 Å². The number of methoxy groups -OCH3 is 2. The maximum atomic E-state index is 15.5. The van der Waals surface area contributed by atoms with Crippen LogP contribution in [0, 0.1) is 5.82 Å². The molecule has 0 aliphatic carbocycles. The fourth-order valence-corrected chi connectivity index (χ4v) is 6.88. The van der Waals surface area contributed by atoms with Gasteiger partial charge in [-0.3, -0.25) is 14.6 Å². The van der Waals surface area contributed by atoms with Gasteiger partial charge < -0.3 is 30.7 Å². The van der Waals surface area contributed by atoms with E-state index in [0.29, 0.717) is 93.4 Å². The lowest BCUT2D eigenvalue weighted by atomic mass is 9.99. The van der Waals surface area contributed by atoms with Gasteiger partial charge in [0.05, 0.1) is 35.7 Å². The van der Waals surface area contributed by atoms with Crippen molar-refractivity contribution in [3.05, 3.63) is 81.7 Å². The number of hydrogen-bond donors (Lipinski definition) is 4. The zero-order valence-corrected chi connectivity index (χ0v) is 28.7. The standard InChI is InChI=1S/C36H37Cl2FN6O4/c1-48-30-15-21(14-28(39)27(30)19-41-18-23-8-11-32(47)44-23)35-34(38)25(12-13-42-35)24-4-3-5-26(33(24)37)29-9-6-20(36(45-29)49-2)16-40-17-22-7-10-31(46)43-22/h3-6,9,12-15,22-23,40-41H,7-8,10-11,16-19H2,1-2H3,(H,43,46)(H,44,47)/t22-,23-/m0/s1. The number of ether oxygens (including phenoxy) is 2. The average molecular weight is 708 g/mol. The molecule has 2 aromatic carbocycles. The third kappa shape index (κ3) is 7.80. The van der Waals surface area contributed by atoms with E-state index in [0.717, 1.165) is 18.4 Å². The molecular weight excluding hydrogens is 670 g/mol. The van der Waals surface area contributed by atoms with Gasteiger partial charge in [0.1, 0.15) is 11.6 Å². The second kappa shape index (κ2) is 15.5. The number of pyridine rings is 2. The largest absolute Gasteiger partial charge is 0.496 e. The van der Waals surface area contributed by atoms with E-state index in [2.05, 4.69) is 26.3 Å². The molecule has 2 atom stereocenters. The number of nitrogens with zero attached hydrogens (tertiary/aromatic N) is 2. The first-order valence-corrected chi connectivity index (χ1v) is 16.9. The van der Waals surface area contributed by atoms with E-state index in [1.807, 2.05) is 30.3 Å². The van der Waals surface area contributed by atoms with Gasteiger partial charge in [-0.05, 0) is 37.1 Å². The summed E-state index contributed by atoms with van der Waals surface area (Å²) in [5.41, 5.74) is 4.64. The van der Waals surface area contributed by atoms with E-state index in [9.17, 15) is 9.59 Å². The number of amides is 2. The van der Waals surface area contributed by atoms with E-state index in [1.165, 1.54) is 13.2 Å². The van der Waals surface area contributed by atoms with Crippen molar-refractivity contribution in [1.29, 1.82) is 0 Å². The molecule has 49 heavy (non-hydrogen) atoms. The Morgan fingerprint density at radius 2 is 1.53 bits per heavy atom. The lowest BCUT2D eigenvalue weighted by molar-refractivity contribution is -0.120. The summed E-state index contributed by atoms with van der Waals surface area (Å²) in [6, 6.07) is 14.4. The van der Waals surface area contributed by atoms with E-state index in [-0.39, 0.29) is 30.4 Å². The Labute approximate surface area is 294 Å². The van der Waals surface area contributed by atoms with Gasteiger partial charge >= 0.3 is 0 Å². The minimum atomic E-state index is -0.468. The van der Waals surface area contributed by atoms with Crippen LogP contribution in [0.3, 0.4) is 0 Å². The van der Waals surface area contributed by atoms with Gasteiger partial charge in [0.25, 0.3) is 0 Å². The van der Waals surface area contributed by atoms with Gasteiger partial charge in [-0.2, -0.15) is 0 Å². The number of carbonyl (C=O) groups is 2. The second-order valence-electron chi connectivity index (χ2n) is 12.1. The summed E-state index contributed by atoms with van der Waals surface area (Å²) >= 11 is 14.0. The van der Waals surface area contributed by atoms with Gasteiger partial charge in [-0.25, -0.2) is 9.37 Å². The number of nitrogens with one attached hydrogen (secondary N) is 4. The van der Waals surface area contributed by atoms with Crippen molar-refractivity contribution in [3.8, 4) is 45.3 Å². The van der Waals surface area contributed by atoms with E-state index < -0.39 is 5.82 Å². The summed E-state index contributed by atoms with van der Waals surface area (Å²) < 4.78 is 26.7. The van der Waals surface area contributed by atoms with Crippen molar-refractivity contribution in [3.63, 3.8) is 0 Å². The number of aromatic nitrogens is 2. The number of carbonyl (C=O) groups excluding carboxylic acids is 2. The van der Waals surface area contributed by atoms with Crippen LogP contribution in [0.15, 0.2) is 54.7 Å². The summed E-state index contributed by atoms with van der Waals surface area (Å²) in [5, 5.41) is 13.2. The summed E-state index contributed by atoms with van der Waals surface area (Å²) in [5.74, 6) is 0.462. The topological polar surface area (TPSA) is 126 Å². The predicted octanol–water partition coefficient (Wildman–Crippen LogP) is 5.68. The molecule has 2 saturated heterocycles. The molecule has 4 heterocycles. The predicted molar refractivity (Wildman–Crippen MR) is 187 cm³/mol. The first-order valence-electron chi connectivity index (χ1n) is 16.1. The van der Waals surface area contributed by atoms with Crippen LogP contribution in [-0.2, 0) is 22.7 Å². The minimum absolute atomic E-state index is 0.0233. The van der Waals surface area contributed by atoms with Gasteiger partial charge in [0.15, 0.2) is 0 Å². The van der Waals surface area contributed by atoms with Crippen LogP contribution in [-0.4, -0.2) is 61.2 Å². The molecule has 2 aliphatic rings. The monoisotopic (exact) mass is 706 g/mol. The first kappa shape index (κ1) is 34.6. The van der Waals surface area contributed by atoms with Crippen molar-refractivity contribution in [1.82, 2.24) is 31.2 Å². The molecular formula is C36H37Cl2FN6O4. The Morgan fingerprint density at radius 1 is 0.857 bits per heavy atom. The molecule has 2 aliphatic heterocycles. The Hall–Kier alpha value is -4.29. The summed E-state index contributed by atoms with van der Waals surface area (Å²) in [7, 11) is 3.06. The Balaban J connectivity index is 1.22. The van der Waals surface area contributed by atoms with Crippen molar-refractivity contribution < 1.29 is 23.5 Å². The highest BCUT2D eigenvalue weighted by Gasteiger charge is 2.23. The van der Waals surface area contributed by atoms with E-state index in [1.54, 1.807) is 25.4 Å². The van der Waals surface area contributed by atoms with Crippen molar-refractivity contribution in [2.24, 2.45) is 0 Å². The van der Waals surface area contributed by atoms with Gasteiger partial charge in [0, 0.05) is 90.7 Å². The lowest BCUT2D eigenvalue weighted by Crippen LogP contribution is -2.35. The third-order valence-electron chi connectivity index (χ3n) is 8.80. The normalized spacial score (nSPS) is 17.2. The van der Waals surface area contributed by atoms with E-state index >= 15 is 4.39 Å². The molecule has 256 valence electrons. The van der Waals surface area contributed by atoms with Crippen LogP contribution >= 0.6 is 23.2 Å². The molecule has 13 heteroatoms. The Kier molecular flexibility index (Phi) is 10.9. The van der Waals surface area contributed by atoms with E-state index in [4.69, 9.17) is 37.7 Å². The molecule has 0 spiro atoms. The Morgan fingerprint density at radius 3 is 2.18 bits per heavy atom. The SMILES string of the molecule is COc1cc(-c2nccc(-c3cccc(-c4ccc(CNC[C@@H]5CCC(=O)N5)c(OC)n4)c3Cl)c2Cl)cc(F)c1CNC[C@@H]1CCC(=O)N1. The number of benzene rings is 2. The minimum Gasteiger partial charge on any atom is -0.496 e. The fourth-order valence-electron chi connectivity index (χ4n) is 6.24. The average Bonchev–Trinajstić information content (AvgIpc) is 3.72. The summed E-state index contributed by atoms with van der Waals surface area (Å²) in [6.45, 7) is 1.93. The maximum absolute atomic E-state index is 15.5. The lowest BCUT2D eigenvalue weighted by Gasteiger charge is -2.17. The number of halogens is 3. The van der Waals surface area contributed by atoms with Gasteiger partial charge in [0.2, 0.25) is 17.7 Å². The van der Waals surface area contributed by atoms with Crippen molar-refractivity contribution >= 4 is 35.0 Å². The molecule has 4 N–H and O–H groups in total. The third-order valence-corrected chi connectivity index (χ3v) is 9.59. The fraction of sp³-hybridized carbons (Fsp3) is 0.333. The van der Waals surface area contributed by atoms with Gasteiger partial charge in [-0.15, -0.1) is 0 Å². The van der Waals surface area contributed by atoms with Crippen LogP contribution in [0.4, 0.5) is 4.39 Å². The molecule has 2 aromatic heterocycles. The molecule has 10 nitrogen and oxygen atoms in total. The quantitative estimate of drug-likeness (QED) is 0.140. The van der Waals surface area contributed by atoms with Crippen LogP contribution in [0.5, 0.6) is 11.6 Å². The number of rotatable bonds is 13. The summed E-state index contributed by atoms with van der Waals surface area (Å²) in [6.07, 6.45) is 4.23. The molecule has 4 aromatic rings. The highest BCUT2D eigenvalue weighted by Crippen LogP contribution is 2.42. The second-order valence-corrected chi connectivity index (χ2v) is 12.8. The zero-order chi connectivity index (χ0) is 34.5. The molecule has 6 rings (SSSR count). The molecule has 0 radical (unpaired) electrons. The molecule has 0 bridgehead atoms. The van der Waals surface area contributed by atoms with Gasteiger partial charge in [-0.1, -0.05) is 47.5 Å². The maximum Gasteiger partial charge on any atom is 0.220 e. The first-order chi connectivity index (χ1) is 23.7. The van der Waals surface area contributed by atoms with Crippen LogP contribution in [0.25, 0.3) is 33.6 Å². The van der Waals surface area contributed by atoms with Crippen LogP contribution < -0.4 is 30.7 Å². The van der Waals surface area contributed by atoms with Crippen LogP contribution in [0.1, 0.15) is 36.8 Å². The molecule has 2 fully saturated rings. The molecule has 0 saturated carbocycles. The van der Waals surface area contributed by atoms with Crippen LogP contribution in [0.2, 0.25) is 10.0 Å². The molecule has 2 amide bonds. The zero-order valence-electron chi connectivity index (χ0n) is 27.2. The van der Waals surface area contributed by atoms with Crippen molar-refractivity contribution in [2.75, 3.05) is 27.3 Å². The highest BCUT2D eigenvalue weighted by atomic mass is 35.5.